The van der Waals surface area contributed by atoms with Crippen LogP contribution in [-0.2, 0) is 37.3 Å². The first-order valence-corrected chi connectivity index (χ1v) is 17.9. The Morgan fingerprint density at radius 1 is 1.04 bits per heavy atom. The van der Waals surface area contributed by atoms with Crippen LogP contribution in [-0.4, -0.2) is 67.0 Å². The number of esters is 1. The number of nitrogens with one attached hydrogen (secondary N) is 1. The third kappa shape index (κ3) is 9.72. The van der Waals surface area contributed by atoms with Crippen LogP contribution in [0.1, 0.15) is 73.4 Å². The van der Waals surface area contributed by atoms with Crippen molar-refractivity contribution in [3.63, 3.8) is 0 Å². The third-order valence-electron chi connectivity index (χ3n) is 7.79. The van der Waals surface area contributed by atoms with E-state index in [-0.39, 0.29) is 35.3 Å². The molecule has 1 atom stereocenters. The van der Waals surface area contributed by atoms with Gasteiger partial charge in [-0.15, -0.1) is 0 Å². The van der Waals surface area contributed by atoms with E-state index in [4.69, 9.17) is 25.9 Å². The third-order valence-corrected chi connectivity index (χ3v) is 9.99. The van der Waals surface area contributed by atoms with Gasteiger partial charge in [-0.25, -0.2) is 22.8 Å². The summed E-state index contributed by atoms with van der Waals surface area (Å²) in [6.45, 7) is 9.17. The zero-order valence-corrected chi connectivity index (χ0v) is 30.7. The first-order valence-electron chi connectivity index (χ1n) is 16.1. The molecule has 4 rings (SSSR count). The molecule has 0 radical (unpaired) electrons. The van der Waals surface area contributed by atoms with Gasteiger partial charge in [0.15, 0.2) is 0 Å². The van der Waals surface area contributed by atoms with Crippen LogP contribution in [0.15, 0.2) is 82.1 Å². The normalized spacial score (nSPS) is 14.6. The number of hydroxylamine groups is 2. The number of fused-ring (bicyclic) bond motifs is 1. The lowest BCUT2D eigenvalue weighted by atomic mass is 10.1. The van der Waals surface area contributed by atoms with Crippen LogP contribution < -0.4 is 10.4 Å². The summed E-state index contributed by atoms with van der Waals surface area (Å²) in [5.41, 5.74) is 4.07. The molecular weight excluding hydrogens is 704 g/mol. The zero-order chi connectivity index (χ0) is 37.6. The molecule has 51 heavy (non-hydrogen) atoms. The van der Waals surface area contributed by atoms with E-state index < -0.39 is 56.6 Å². The van der Waals surface area contributed by atoms with Gasteiger partial charge in [-0.3, -0.25) is 15.2 Å². The van der Waals surface area contributed by atoms with E-state index in [1.807, 2.05) is 31.2 Å². The van der Waals surface area contributed by atoms with Gasteiger partial charge in [0.2, 0.25) is 0 Å². The minimum absolute atomic E-state index is 0.00541. The van der Waals surface area contributed by atoms with Crippen molar-refractivity contribution in [2.75, 3.05) is 24.9 Å². The summed E-state index contributed by atoms with van der Waals surface area (Å²) in [7, 11) is -4.72. The first-order chi connectivity index (χ1) is 24.0. The molecule has 274 valence electrons. The molecule has 1 aliphatic heterocycles. The highest BCUT2D eigenvalue weighted by molar-refractivity contribution is 7.89. The summed E-state index contributed by atoms with van der Waals surface area (Å²) >= 11 is 6.39. The molecule has 1 unspecified atom stereocenters. The number of halogens is 1. The van der Waals surface area contributed by atoms with E-state index in [2.05, 4.69) is 15.9 Å². The van der Waals surface area contributed by atoms with Gasteiger partial charge in [-0.05, 0) is 95.5 Å². The van der Waals surface area contributed by atoms with E-state index >= 15 is 0 Å². The van der Waals surface area contributed by atoms with Gasteiger partial charge >= 0.3 is 12.1 Å². The van der Waals surface area contributed by atoms with Gasteiger partial charge in [0.1, 0.15) is 23.6 Å². The Morgan fingerprint density at radius 2 is 1.69 bits per heavy atom. The predicted molar refractivity (Wildman–Crippen MR) is 187 cm³/mol. The van der Waals surface area contributed by atoms with Crippen molar-refractivity contribution >= 4 is 45.3 Å². The molecule has 0 bridgehead atoms. The lowest BCUT2D eigenvalue weighted by Gasteiger charge is -2.30. The molecule has 1 aliphatic rings. The molecule has 17 heteroatoms. The van der Waals surface area contributed by atoms with Crippen LogP contribution in [0, 0.1) is 5.21 Å². The number of nitrogens with zero attached hydrogens (tertiary/aromatic N) is 5. The molecule has 0 aliphatic carbocycles. The lowest BCUT2D eigenvalue weighted by Crippen LogP contribution is -2.45. The number of quaternary nitrogens is 1. The van der Waals surface area contributed by atoms with Crippen LogP contribution in [0.4, 0.5) is 10.5 Å². The summed E-state index contributed by atoms with van der Waals surface area (Å²) in [5.74, 6) is -1.37. The average Bonchev–Trinajstić information content (AvgIpc) is 3.40. The number of hydrogen-bond donors (Lipinski definition) is 1. The molecule has 1 heterocycles. The molecule has 0 aromatic heterocycles. The molecule has 0 saturated heterocycles. The summed E-state index contributed by atoms with van der Waals surface area (Å²) in [6, 6.07) is 16.9. The van der Waals surface area contributed by atoms with Crippen molar-refractivity contribution in [3.8, 4) is 0 Å². The quantitative estimate of drug-likeness (QED) is 0.0519. The van der Waals surface area contributed by atoms with E-state index in [0.29, 0.717) is 16.3 Å². The molecule has 3 aromatic rings. The van der Waals surface area contributed by atoms with Crippen molar-refractivity contribution < 1.29 is 41.9 Å². The van der Waals surface area contributed by atoms with Gasteiger partial charge in [0.25, 0.3) is 22.7 Å². The summed E-state index contributed by atoms with van der Waals surface area (Å²) in [5, 5.41) is 20.4. The van der Waals surface area contributed by atoms with Crippen molar-refractivity contribution in [1.82, 2.24) is 9.73 Å². The number of amides is 2. The second-order valence-electron chi connectivity index (χ2n) is 12.7. The monoisotopic (exact) mass is 744 g/mol. The number of carbonyl (C=O) groups is 3. The maximum Gasteiger partial charge on any atom is 0.424 e. The van der Waals surface area contributed by atoms with Gasteiger partial charge in [0, 0.05) is 5.56 Å². The minimum atomic E-state index is -4.72. The van der Waals surface area contributed by atoms with Gasteiger partial charge < -0.3 is 19.5 Å². The Bertz CT molecular complexity index is 1880. The van der Waals surface area contributed by atoms with Crippen molar-refractivity contribution in [3.05, 3.63) is 99.2 Å². The Hall–Kier alpha value is -4.77. The maximum atomic E-state index is 14.1. The van der Waals surface area contributed by atoms with Crippen LogP contribution in [0.25, 0.3) is 0 Å². The Morgan fingerprint density at radius 3 is 2.33 bits per heavy atom. The second kappa shape index (κ2) is 16.1. The molecular formula is C34H41ClN6O9S. The topological polar surface area (TPSA) is 179 Å². The first kappa shape index (κ1) is 39.0. The summed E-state index contributed by atoms with van der Waals surface area (Å²) in [4.78, 5) is 43.6. The van der Waals surface area contributed by atoms with Crippen LogP contribution in [0.3, 0.4) is 0 Å². The highest BCUT2D eigenvalue weighted by Crippen LogP contribution is 2.32. The molecule has 0 saturated carbocycles. The zero-order valence-electron chi connectivity index (χ0n) is 29.2. The molecule has 15 nitrogen and oxygen atoms in total. The second-order valence-corrected chi connectivity index (χ2v) is 14.9. The molecule has 1 N–H and O–H groups in total. The van der Waals surface area contributed by atoms with Gasteiger partial charge in [0.05, 0.1) is 39.4 Å². The molecule has 0 fully saturated rings. The van der Waals surface area contributed by atoms with Crippen LogP contribution >= 0.6 is 11.6 Å². The van der Waals surface area contributed by atoms with E-state index in [1.54, 1.807) is 39.6 Å². The molecule has 0 spiro atoms. The number of benzene rings is 3. The van der Waals surface area contributed by atoms with Crippen LogP contribution in [0.2, 0.25) is 5.02 Å². The van der Waals surface area contributed by atoms with Crippen molar-refractivity contribution in [2.24, 2.45) is 10.5 Å². The fraction of sp³-hybridized carbons (Fsp3) is 0.382. The van der Waals surface area contributed by atoms with Gasteiger partial charge in [-0.1, -0.05) is 41.9 Å². The van der Waals surface area contributed by atoms with Crippen LogP contribution in [0.5, 0.6) is 0 Å². The van der Waals surface area contributed by atoms with Crippen molar-refractivity contribution in [2.45, 2.75) is 71.0 Å². The lowest BCUT2D eigenvalue weighted by molar-refractivity contribution is -0.890. The van der Waals surface area contributed by atoms with Crippen molar-refractivity contribution in [1.29, 1.82) is 0 Å². The number of hydrazine groups is 1. The Balaban J connectivity index is 1.53. The number of anilines is 1. The number of carbonyl (C=O) groups excluding carboxylic acids is 3. The predicted octanol–water partition coefficient (Wildman–Crippen LogP) is 6.33. The van der Waals surface area contributed by atoms with E-state index in [0.717, 1.165) is 17.3 Å². The Labute approximate surface area is 301 Å². The van der Waals surface area contributed by atoms with E-state index in [9.17, 15) is 28.0 Å². The number of ether oxygens (including phenoxy) is 2. The Kier molecular flexibility index (Phi) is 12.3. The number of sulfonamides is 1. The largest absolute Gasteiger partial charge is 0.603 e. The summed E-state index contributed by atoms with van der Waals surface area (Å²) in [6.07, 6.45) is -0.468. The number of para-hydroxylation sites is 1. The summed E-state index contributed by atoms with van der Waals surface area (Å²) < 4.78 is 38.3. The number of hydrogen-bond acceptors (Lipinski definition) is 12. The minimum Gasteiger partial charge on any atom is -0.603 e. The fourth-order valence-corrected chi connectivity index (χ4v) is 6.76. The highest BCUT2D eigenvalue weighted by atomic mass is 35.5. The maximum absolute atomic E-state index is 14.1. The number of rotatable bonds is 13. The van der Waals surface area contributed by atoms with Gasteiger partial charge in [-0.2, -0.15) is 4.31 Å². The smallest absolute Gasteiger partial charge is 0.424 e. The fourth-order valence-electron chi connectivity index (χ4n) is 4.97. The SMILES string of the molecule is CC[N+]([O-])(CC)/N=N\OCOC(=O)c1ccc(CN(C(=O)OC(C)(C)C)S(=O)(=O)c2cc(C(=O)NN3c4ccccc4CC3C)ccc2Cl)cc1. The highest BCUT2D eigenvalue weighted by Gasteiger charge is 2.36. The molecule has 2 amide bonds. The molecule has 3 aromatic carbocycles. The van der Waals surface area contributed by atoms with E-state index in [1.165, 1.54) is 36.4 Å². The average molecular weight is 745 g/mol. The standard InChI is InChI=1S/C34H41ClN6O9S/c1-7-41(45,8-2)37-38-49-22-48-32(43)25-15-13-24(14-16-25)21-39(33(44)50-34(4,5)6)51(46,47)30-20-27(17-18-28(30)35)31(42)36-40-23(3)19-26-11-9-10-12-29(26)40/h9-18,20,23H,7-8,19,21-22H2,1-6H3,(H,36,42)/b38-37-.